The van der Waals surface area contributed by atoms with E-state index in [0.29, 0.717) is 19.0 Å². The number of amides is 1. The number of hydrogen-bond donors (Lipinski definition) is 2. The number of aromatic nitrogens is 1. The molecule has 9 heteroatoms. The predicted octanol–water partition coefficient (Wildman–Crippen LogP) is 3.89. The molecule has 0 spiro atoms. The van der Waals surface area contributed by atoms with Crippen LogP contribution in [0.3, 0.4) is 0 Å². The zero-order valence-electron chi connectivity index (χ0n) is 12.2. The number of carbonyl (C=O) groups excluding carboxylic acids is 1. The van der Waals surface area contributed by atoms with E-state index in [4.69, 9.17) is 0 Å². The molecule has 2 aromatic heterocycles. The van der Waals surface area contributed by atoms with Crippen molar-refractivity contribution in [1.82, 2.24) is 15.6 Å². The standard InChI is InChI=1S/C14H16BrN3OS2.2ClH/c15-9-4-12(20-7-9)14-18-11(8-21-14)5-13(19)17-6-10-2-1-3-16-10;;/h4,7-8,10,16H,1-3,5-6H2,(H,17,19);2*1H. The summed E-state index contributed by atoms with van der Waals surface area (Å²) in [4.78, 5) is 17.6. The van der Waals surface area contributed by atoms with E-state index in [-0.39, 0.29) is 30.7 Å². The largest absolute Gasteiger partial charge is 0.354 e. The van der Waals surface area contributed by atoms with Gasteiger partial charge in [0.1, 0.15) is 5.01 Å². The second kappa shape index (κ2) is 9.96. The van der Waals surface area contributed by atoms with Gasteiger partial charge in [-0.05, 0) is 41.4 Å². The fourth-order valence-corrected chi connectivity index (χ4v) is 4.65. The summed E-state index contributed by atoms with van der Waals surface area (Å²) in [5, 5.41) is 11.3. The molecular weight excluding hydrogens is 441 g/mol. The summed E-state index contributed by atoms with van der Waals surface area (Å²) in [7, 11) is 0. The number of nitrogens with one attached hydrogen (secondary N) is 2. The van der Waals surface area contributed by atoms with Crippen molar-refractivity contribution in [2.45, 2.75) is 25.3 Å². The first kappa shape index (κ1) is 20.9. The van der Waals surface area contributed by atoms with Crippen LogP contribution in [-0.4, -0.2) is 30.0 Å². The highest BCUT2D eigenvalue weighted by atomic mass is 79.9. The van der Waals surface area contributed by atoms with Gasteiger partial charge < -0.3 is 10.6 Å². The summed E-state index contributed by atoms with van der Waals surface area (Å²) in [6, 6.07) is 2.49. The van der Waals surface area contributed by atoms with Crippen molar-refractivity contribution in [3.63, 3.8) is 0 Å². The molecular formula is C14H18BrCl2N3OS2. The molecule has 1 saturated heterocycles. The molecule has 0 aromatic carbocycles. The van der Waals surface area contributed by atoms with Crippen LogP contribution in [0.2, 0.25) is 0 Å². The van der Waals surface area contributed by atoms with Crippen molar-refractivity contribution in [2.75, 3.05) is 13.1 Å². The zero-order chi connectivity index (χ0) is 14.7. The van der Waals surface area contributed by atoms with E-state index >= 15 is 0 Å². The smallest absolute Gasteiger partial charge is 0.226 e. The number of carbonyl (C=O) groups is 1. The van der Waals surface area contributed by atoms with E-state index in [2.05, 4.69) is 37.6 Å². The number of halogens is 3. The molecule has 1 unspecified atom stereocenters. The average molecular weight is 459 g/mol. The van der Waals surface area contributed by atoms with Crippen LogP contribution < -0.4 is 10.6 Å². The molecule has 23 heavy (non-hydrogen) atoms. The van der Waals surface area contributed by atoms with Crippen molar-refractivity contribution in [2.24, 2.45) is 0 Å². The first-order chi connectivity index (χ1) is 10.2. The predicted molar refractivity (Wildman–Crippen MR) is 105 cm³/mol. The van der Waals surface area contributed by atoms with Gasteiger partial charge in [-0.1, -0.05) is 0 Å². The summed E-state index contributed by atoms with van der Waals surface area (Å²) in [6.07, 6.45) is 2.70. The van der Waals surface area contributed by atoms with Crippen molar-refractivity contribution < 1.29 is 4.79 Å². The van der Waals surface area contributed by atoms with Crippen LogP contribution in [0.25, 0.3) is 9.88 Å². The highest BCUT2D eigenvalue weighted by molar-refractivity contribution is 9.10. The second-order valence-corrected chi connectivity index (χ2v) is 7.73. The Morgan fingerprint density at radius 2 is 2.22 bits per heavy atom. The van der Waals surface area contributed by atoms with Gasteiger partial charge in [0.2, 0.25) is 5.91 Å². The van der Waals surface area contributed by atoms with E-state index in [0.717, 1.165) is 33.0 Å². The van der Waals surface area contributed by atoms with Gasteiger partial charge in [-0.15, -0.1) is 47.5 Å². The van der Waals surface area contributed by atoms with Crippen LogP contribution in [0.1, 0.15) is 18.5 Å². The van der Waals surface area contributed by atoms with Gasteiger partial charge in [0.25, 0.3) is 0 Å². The average Bonchev–Trinajstić information content (AvgIpc) is 3.17. The van der Waals surface area contributed by atoms with Crippen LogP contribution in [0.5, 0.6) is 0 Å². The number of nitrogens with zero attached hydrogens (tertiary/aromatic N) is 1. The molecule has 1 aliphatic rings. The zero-order valence-corrected chi connectivity index (χ0v) is 17.1. The third kappa shape index (κ3) is 5.99. The Bertz CT molecular complexity index is 629. The third-order valence-corrected chi connectivity index (χ3v) is 6.13. The molecule has 0 saturated carbocycles. The topological polar surface area (TPSA) is 54.0 Å². The molecule has 2 N–H and O–H groups in total. The number of hydrogen-bond acceptors (Lipinski definition) is 5. The highest BCUT2D eigenvalue weighted by Gasteiger charge is 2.15. The van der Waals surface area contributed by atoms with Crippen molar-refractivity contribution in [1.29, 1.82) is 0 Å². The van der Waals surface area contributed by atoms with E-state index in [1.807, 2.05) is 10.8 Å². The molecule has 0 aliphatic carbocycles. The molecule has 1 aliphatic heterocycles. The van der Waals surface area contributed by atoms with E-state index in [9.17, 15) is 4.79 Å². The normalized spacial score (nSPS) is 16.5. The van der Waals surface area contributed by atoms with Gasteiger partial charge >= 0.3 is 0 Å². The van der Waals surface area contributed by atoms with Crippen molar-refractivity contribution >= 4 is 69.3 Å². The minimum absolute atomic E-state index is 0. The minimum atomic E-state index is 0. The van der Waals surface area contributed by atoms with Crippen LogP contribution in [0.15, 0.2) is 21.3 Å². The summed E-state index contributed by atoms with van der Waals surface area (Å²) >= 11 is 6.69. The first-order valence-corrected chi connectivity index (χ1v) is 9.45. The summed E-state index contributed by atoms with van der Waals surface area (Å²) in [5.74, 6) is 0.0490. The molecule has 3 heterocycles. The second-order valence-electron chi connectivity index (χ2n) is 5.05. The van der Waals surface area contributed by atoms with E-state index in [1.165, 1.54) is 6.42 Å². The lowest BCUT2D eigenvalue weighted by atomic mass is 10.2. The number of thiophene rings is 1. The van der Waals surface area contributed by atoms with Crippen molar-refractivity contribution in [3.05, 3.63) is 27.0 Å². The van der Waals surface area contributed by atoms with Gasteiger partial charge in [-0.2, -0.15) is 0 Å². The highest BCUT2D eigenvalue weighted by Crippen LogP contribution is 2.32. The summed E-state index contributed by atoms with van der Waals surface area (Å²) < 4.78 is 1.07. The van der Waals surface area contributed by atoms with Gasteiger partial charge in [0.15, 0.2) is 0 Å². The molecule has 128 valence electrons. The van der Waals surface area contributed by atoms with Crippen LogP contribution >= 0.6 is 63.4 Å². The molecule has 1 atom stereocenters. The van der Waals surface area contributed by atoms with E-state index < -0.39 is 0 Å². The Hall–Kier alpha value is -0.180. The molecule has 2 aromatic rings. The quantitative estimate of drug-likeness (QED) is 0.714. The monoisotopic (exact) mass is 457 g/mol. The van der Waals surface area contributed by atoms with Crippen LogP contribution in [0.4, 0.5) is 0 Å². The number of thiazole rings is 1. The SMILES string of the molecule is Cl.Cl.O=C(Cc1csc(-c2cc(Br)cs2)n1)NCC1CCCN1. The fourth-order valence-electron chi connectivity index (χ4n) is 2.32. The van der Waals surface area contributed by atoms with E-state index in [1.54, 1.807) is 22.7 Å². The minimum Gasteiger partial charge on any atom is -0.354 e. The maximum absolute atomic E-state index is 11.9. The molecule has 0 radical (unpaired) electrons. The van der Waals surface area contributed by atoms with Crippen LogP contribution in [-0.2, 0) is 11.2 Å². The first-order valence-electron chi connectivity index (χ1n) is 6.89. The Kier molecular flexibility index (Phi) is 9.03. The summed E-state index contributed by atoms with van der Waals surface area (Å²) in [6.45, 7) is 1.78. The van der Waals surface area contributed by atoms with Crippen molar-refractivity contribution in [3.8, 4) is 9.88 Å². The number of rotatable bonds is 5. The Morgan fingerprint density at radius 3 is 2.87 bits per heavy atom. The maximum atomic E-state index is 11.9. The Labute approximate surface area is 164 Å². The lowest BCUT2D eigenvalue weighted by Gasteiger charge is -2.10. The van der Waals surface area contributed by atoms with Gasteiger partial charge in [-0.3, -0.25) is 4.79 Å². The third-order valence-electron chi connectivity index (χ3n) is 3.38. The summed E-state index contributed by atoms with van der Waals surface area (Å²) in [5.41, 5.74) is 0.844. The lowest BCUT2D eigenvalue weighted by molar-refractivity contribution is -0.120. The molecule has 4 nitrogen and oxygen atoms in total. The van der Waals surface area contributed by atoms with Gasteiger partial charge in [0.05, 0.1) is 17.0 Å². The molecule has 1 amide bonds. The molecule has 3 rings (SSSR count). The molecule has 1 fully saturated rings. The maximum Gasteiger partial charge on any atom is 0.226 e. The molecule has 0 bridgehead atoms. The van der Waals surface area contributed by atoms with Gasteiger partial charge in [-0.25, -0.2) is 4.98 Å². The van der Waals surface area contributed by atoms with Gasteiger partial charge in [0, 0.05) is 27.8 Å². The Balaban J connectivity index is 0.00000132. The fraction of sp³-hybridized carbons (Fsp3) is 0.429. The Morgan fingerprint density at radius 1 is 1.39 bits per heavy atom. The lowest BCUT2D eigenvalue weighted by Crippen LogP contribution is -2.37. The van der Waals surface area contributed by atoms with Crippen LogP contribution in [0, 0.1) is 0 Å².